The molecule has 1 aromatic carbocycles. The van der Waals surface area contributed by atoms with Gasteiger partial charge in [-0.15, -0.1) is 0 Å². The zero-order valence-electron chi connectivity index (χ0n) is 12.2. The van der Waals surface area contributed by atoms with E-state index in [-0.39, 0.29) is 0 Å². The van der Waals surface area contributed by atoms with Crippen LogP contribution in [0.1, 0.15) is 43.6 Å². The summed E-state index contributed by atoms with van der Waals surface area (Å²) >= 11 is 3.44. The second-order valence-corrected chi connectivity index (χ2v) is 5.92. The predicted octanol–water partition coefficient (Wildman–Crippen LogP) is 4.54. The van der Waals surface area contributed by atoms with Crippen LogP contribution in [0.5, 0.6) is 0 Å². The fraction of sp³-hybridized carbons (Fsp3) is 0.375. The first kappa shape index (κ1) is 15.0. The highest BCUT2D eigenvalue weighted by atomic mass is 79.9. The van der Waals surface area contributed by atoms with Crippen molar-refractivity contribution in [2.45, 2.75) is 39.7 Å². The SMILES string of the molecule is CCc1ccc(CNc2cc(Br)nc(C(C)C)n2)cc1. The molecule has 1 heterocycles. The molecule has 0 saturated carbocycles. The van der Waals surface area contributed by atoms with Crippen molar-refractivity contribution in [2.75, 3.05) is 5.32 Å². The molecule has 1 aromatic heterocycles. The molecule has 1 N–H and O–H groups in total. The van der Waals surface area contributed by atoms with Crippen molar-refractivity contribution in [3.05, 3.63) is 51.9 Å². The number of hydrogen-bond donors (Lipinski definition) is 1. The largest absolute Gasteiger partial charge is 0.366 e. The number of nitrogens with one attached hydrogen (secondary N) is 1. The van der Waals surface area contributed by atoms with Crippen molar-refractivity contribution in [1.29, 1.82) is 0 Å². The summed E-state index contributed by atoms with van der Waals surface area (Å²) in [5.41, 5.74) is 2.61. The number of aryl methyl sites for hydroxylation is 1. The maximum Gasteiger partial charge on any atom is 0.134 e. The van der Waals surface area contributed by atoms with Gasteiger partial charge in [-0.1, -0.05) is 45.0 Å². The fourth-order valence-electron chi connectivity index (χ4n) is 1.87. The molecule has 106 valence electrons. The summed E-state index contributed by atoms with van der Waals surface area (Å²) < 4.78 is 0.819. The van der Waals surface area contributed by atoms with Crippen LogP contribution in [0.3, 0.4) is 0 Å². The van der Waals surface area contributed by atoms with Crippen molar-refractivity contribution in [3.8, 4) is 0 Å². The summed E-state index contributed by atoms with van der Waals surface area (Å²) in [7, 11) is 0. The zero-order valence-corrected chi connectivity index (χ0v) is 13.7. The molecule has 0 amide bonds. The molecule has 0 radical (unpaired) electrons. The van der Waals surface area contributed by atoms with Crippen molar-refractivity contribution in [2.24, 2.45) is 0 Å². The third-order valence-electron chi connectivity index (χ3n) is 3.13. The number of hydrogen-bond acceptors (Lipinski definition) is 3. The van der Waals surface area contributed by atoms with E-state index in [1.807, 2.05) is 6.07 Å². The highest BCUT2D eigenvalue weighted by molar-refractivity contribution is 9.10. The Morgan fingerprint density at radius 1 is 1.10 bits per heavy atom. The van der Waals surface area contributed by atoms with E-state index < -0.39 is 0 Å². The molecule has 0 aliphatic rings. The van der Waals surface area contributed by atoms with Crippen LogP contribution in [0, 0.1) is 0 Å². The number of rotatable bonds is 5. The summed E-state index contributed by atoms with van der Waals surface area (Å²) in [6.45, 7) is 7.12. The van der Waals surface area contributed by atoms with Gasteiger partial charge in [-0.3, -0.25) is 0 Å². The van der Waals surface area contributed by atoms with Crippen molar-refractivity contribution >= 4 is 21.7 Å². The zero-order chi connectivity index (χ0) is 14.5. The Balaban J connectivity index is 2.06. The van der Waals surface area contributed by atoms with Gasteiger partial charge in [0.25, 0.3) is 0 Å². The van der Waals surface area contributed by atoms with Gasteiger partial charge in [-0.25, -0.2) is 9.97 Å². The first-order chi connectivity index (χ1) is 9.58. The molecule has 0 aliphatic heterocycles. The third kappa shape index (κ3) is 4.04. The van der Waals surface area contributed by atoms with Gasteiger partial charge in [-0.2, -0.15) is 0 Å². The lowest BCUT2D eigenvalue weighted by Gasteiger charge is -2.10. The molecule has 0 fully saturated rings. The van der Waals surface area contributed by atoms with Gasteiger partial charge >= 0.3 is 0 Å². The van der Waals surface area contributed by atoms with Crippen LogP contribution in [0.15, 0.2) is 34.9 Å². The Labute approximate surface area is 129 Å². The van der Waals surface area contributed by atoms with Gasteiger partial charge in [0.2, 0.25) is 0 Å². The fourth-order valence-corrected chi connectivity index (χ4v) is 2.27. The van der Waals surface area contributed by atoms with E-state index in [1.54, 1.807) is 0 Å². The average molecular weight is 334 g/mol. The molecule has 0 spiro atoms. The maximum atomic E-state index is 4.53. The van der Waals surface area contributed by atoms with Crippen LogP contribution in [0.25, 0.3) is 0 Å². The lowest BCUT2D eigenvalue weighted by Crippen LogP contribution is -2.05. The molecular weight excluding hydrogens is 314 g/mol. The molecule has 4 heteroatoms. The van der Waals surface area contributed by atoms with E-state index in [1.165, 1.54) is 11.1 Å². The molecule has 2 rings (SSSR count). The number of benzene rings is 1. The van der Waals surface area contributed by atoms with E-state index in [2.05, 4.69) is 76.3 Å². The molecule has 0 saturated heterocycles. The monoisotopic (exact) mass is 333 g/mol. The number of halogens is 1. The molecule has 3 nitrogen and oxygen atoms in total. The molecule has 0 aliphatic carbocycles. The quantitative estimate of drug-likeness (QED) is 0.816. The lowest BCUT2D eigenvalue weighted by molar-refractivity contribution is 0.769. The second kappa shape index (κ2) is 6.84. The van der Waals surface area contributed by atoms with Crippen LogP contribution in [0.2, 0.25) is 0 Å². The number of anilines is 1. The van der Waals surface area contributed by atoms with E-state index in [9.17, 15) is 0 Å². The predicted molar refractivity (Wildman–Crippen MR) is 87.0 cm³/mol. The normalized spacial score (nSPS) is 10.8. The number of aromatic nitrogens is 2. The van der Waals surface area contributed by atoms with Crippen LogP contribution in [-0.2, 0) is 13.0 Å². The highest BCUT2D eigenvalue weighted by Gasteiger charge is 2.06. The molecule has 2 aromatic rings. The minimum absolute atomic E-state index is 0.317. The van der Waals surface area contributed by atoms with Crippen LogP contribution in [0.4, 0.5) is 5.82 Å². The Morgan fingerprint density at radius 2 is 1.75 bits per heavy atom. The van der Waals surface area contributed by atoms with Gasteiger partial charge in [0.1, 0.15) is 16.2 Å². The maximum absolute atomic E-state index is 4.53. The van der Waals surface area contributed by atoms with Crippen molar-refractivity contribution < 1.29 is 0 Å². The Morgan fingerprint density at radius 3 is 2.35 bits per heavy atom. The van der Waals surface area contributed by atoms with Gasteiger partial charge < -0.3 is 5.32 Å². The minimum Gasteiger partial charge on any atom is -0.366 e. The minimum atomic E-state index is 0.317. The highest BCUT2D eigenvalue weighted by Crippen LogP contribution is 2.18. The molecule has 0 unspecified atom stereocenters. The van der Waals surface area contributed by atoms with Crippen molar-refractivity contribution in [1.82, 2.24) is 9.97 Å². The number of nitrogens with zero attached hydrogens (tertiary/aromatic N) is 2. The van der Waals surface area contributed by atoms with Crippen LogP contribution in [-0.4, -0.2) is 9.97 Å². The van der Waals surface area contributed by atoms with E-state index in [0.29, 0.717) is 5.92 Å². The van der Waals surface area contributed by atoms with Crippen molar-refractivity contribution in [3.63, 3.8) is 0 Å². The molecule has 20 heavy (non-hydrogen) atoms. The van der Waals surface area contributed by atoms with Gasteiger partial charge in [0.05, 0.1) is 0 Å². The van der Waals surface area contributed by atoms with E-state index >= 15 is 0 Å². The molecular formula is C16H20BrN3. The lowest BCUT2D eigenvalue weighted by atomic mass is 10.1. The van der Waals surface area contributed by atoms with Gasteiger partial charge in [0, 0.05) is 18.5 Å². The average Bonchev–Trinajstić information content (AvgIpc) is 2.45. The smallest absolute Gasteiger partial charge is 0.134 e. The Bertz CT molecular complexity index is 564. The van der Waals surface area contributed by atoms with Crippen LogP contribution < -0.4 is 5.32 Å². The molecule has 0 bridgehead atoms. The first-order valence-corrected chi connectivity index (χ1v) is 7.74. The third-order valence-corrected chi connectivity index (χ3v) is 3.54. The Kier molecular flexibility index (Phi) is 5.12. The van der Waals surface area contributed by atoms with E-state index in [0.717, 1.165) is 29.2 Å². The standard InChI is InChI=1S/C16H20BrN3/c1-4-12-5-7-13(8-6-12)10-18-15-9-14(17)19-16(20-15)11(2)3/h5-9,11H,4,10H2,1-3H3,(H,18,19,20). The Hall–Kier alpha value is -1.42. The van der Waals surface area contributed by atoms with Crippen LogP contribution >= 0.6 is 15.9 Å². The molecule has 0 atom stereocenters. The summed E-state index contributed by atoms with van der Waals surface area (Å²) in [5, 5.41) is 3.35. The first-order valence-electron chi connectivity index (χ1n) is 6.94. The summed E-state index contributed by atoms with van der Waals surface area (Å²) in [5.74, 6) is 2.02. The summed E-state index contributed by atoms with van der Waals surface area (Å²) in [6, 6.07) is 10.6. The van der Waals surface area contributed by atoms with E-state index in [4.69, 9.17) is 0 Å². The van der Waals surface area contributed by atoms with Gasteiger partial charge in [0.15, 0.2) is 0 Å². The van der Waals surface area contributed by atoms with Gasteiger partial charge in [-0.05, 0) is 33.5 Å². The summed E-state index contributed by atoms with van der Waals surface area (Å²) in [4.78, 5) is 8.91. The topological polar surface area (TPSA) is 37.8 Å². The summed E-state index contributed by atoms with van der Waals surface area (Å²) in [6.07, 6.45) is 1.07. The second-order valence-electron chi connectivity index (χ2n) is 5.11.